The molecule has 2 amide bonds. The number of imide groups is 1. The third kappa shape index (κ3) is 2.34. The molecule has 1 heterocycles. The van der Waals surface area contributed by atoms with Crippen molar-refractivity contribution < 1.29 is 29.4 Å². The second-order valence-corrected chi connectivity index (χ2v) is 5.21. The zero-order valence-electron chi connectivity index (χ0n) is 12.1. The van der Waals surface area contributed by atoms with Crippen LogP contribution in [0.25, 0.3) is 0 Å². The van der Waals surface area contributed by atoms with Crippen molar-refractivity contribution in [2.45, 2.75) is 26.3 Å². The zero-order valence-corrected chi connectivity index (χ0v) is 12.1. The summed E-state index contributed by atoms with van der Waals surface area (Å²) in [7, 11) is 0. The van der Waals surface area contributed by atoms with Gasteiger partial charge in [0.25, 0.3) is 11.8 Å². The molecule has 2 atom stereocenters. The average Bonchev–Trinajstić information content (AvgIpc) is 2.71. The summed E-state index contributed by atoms with van der Waals surface area (Å²) in [6.07, 6.45) is 0.477. The van der Waals surface area contributed by atoms with Crippen molar-refractivity contribution in [3.05, 3.63) is 34.9 Å². The number of carbonyl (C=O) groups is 4. The minimum Gasteiger partial charge on any atom is -0.480 e. The molecule has 22 heavy (non-hydrogen) atoms. The van der Waals surface area contributed by atoms with Crippen molar-refractivity contribution in [1.82, 2.24) is 4.90 Å². The van der Waals surface area contributed by atoms with Crippen LogP contribution in [-0.4, -0.2) is 44.9 Å². The Morgan fingerprint density at radius 1 is 1.14 bits per heavy atom. The van der Waals surface area contributed by atoms with E-state index < -0.39 is 35.7 Å². The van der Waals surface area contributed by atoms with Gasteiger partial charge in [0.1, 0.15) is 6.04 Å². The monoisotopic (exact) mass is 305 g/mol. The van der Waals surface area contributed by atoms with Gasteiger partial charge in [-0.15, -0.1) is 0 Å². The number of aromatic carboxylic acids is 1. The van der Waals surface area contributed by atoms with Crippen molar-refractivity contribution in [2.75, 3.05) is 0 Å². The van der Waals surface area contributed by atoms with Crippen LogP contribution in [0.2, 0.25) is 0 Å². The van der Waals surface area contributed by atoms with Crippen LogP contribution in [0.4, 0.5) is 0 Å². The van der Waals surface area contributed by atoms with E-state index in [0.717, 1.165) is 6.07 Å². The maximum Gasteiger partial charge on any atom is 0.335 e. The number of carboxylic acid groups (broad SMARTS) is 2. The SMILES string of the molecule is CC[C@H](C)[C@@H](C(=O)O)N1C(=O)c2ccc(C(=O)O)cc2C1=O. The molecule has 0 spiro atoms. The molecule has 0 radical (unpaired) electrons. The van der Waals surface area contributed by atoms with E-state index in [4.69, 9.17) is 5.11 Å². The molecule has 0 saturated heterocycles. The number of hydrogen-bond acceptors (Lipinski definition) is 4. The largest absolute Gasteiger partial charge is 0.480 e. The Morgan fingerprint density at radius 2 is 1.73 bits per heavy atom. The van der Waals surface area contributed by atoms with Crippen LogP contribution in [0.3, 0.4) is 0 Å². The molecular weight excluding hydrogens is 290 g/mol. The standard InChI is InChI=1S/C15H15NO6/c1-3-7(2)11(15(21)22)16-12(17)9-5-4-8(14(19)20)6-10(9)13(16)18/h4-7,11H,3H2,1-2H3,(H,19,20)(H,21,22)/t7-,11-/m0/s1. The molecule has 0 saturated carbocycles. The first-order valence-corrected chi connectivity index (χ1v) is 6.77. The van der Waals surface area contributed by atoms with Crippen LogP contribution in [0.15, 0.2) is 18.2 Å². The Hall–Kier alpha value is -2.70. The van der Waals surface area contributed by atoms with Gasteiger partial charge in [-0.2, -0.15) is 0 Å². The summed E-state index contributed by atoms with van der Waals surface area (Å²) in [5, 5.41) is 18.3. The summed E-state index contributed by atoms with van der Waals surface area (Å²) < 4.78 is 0. The summed E-state index contributed by atoms with van der Waals surface area (Å²) in [6.45, 7) is 3.41. The highest BCUT2D eigenvalue weighted by molar-refractivity contribution is 6.23. The third-order valence-corrected chi connectivity index (χ3v) is 3.88. The number of hydrogen-bond donors (Lipinski definition) is 2. The fourth-order valence-corrected chi connectivity index (χ4v) is 2.48. The molecule has 116 valence electrons. The molecule has 0 unspecified atom stereocenters. The van der Waals surface area contributed by atoms with E-state index in [1.165, 1.54) is 12.1 Å². The molecule has 2 N–H and O–H groups in total. The number of carbonyl (C=O) groups excluding carboxylic acids is 2. The highest BCUT2D eigenvalue weighted by atomic mass is 16.4. The normalized spacial score (nSPS) is 16.4. The topological polar surface area (TPSA) is 112 Å². The molecular formula is C15H15NO6. The number of carboxylic acids is 2. The first-order chi connectivity index (χ1) is 10.3. The van der Waals surface area contributed by atoms with E-state index in [2.05, 4.69) is 0 Å². The lowest BCUT2D eigenvalue weighted by Crippen LogP contribution is -2.48. The molecule has 7 nitrogen and oxygen atoms in total. The van der Waals surface area contributed by atoms with Crippen LogP contribution in [0, 0.1) is 5.92 Å². The van der Waals surface area contributed by atoms with Gasteiger partial charge in [-0.25, -0.2) is 9.59 Å². The predicted molar refractivity (Wildman–Crippen MR) is 74.8 cm³/mol. The van der Waals surface area contributed by atoms with Gasteiger partial charge in [0.2, 0.25) is 0 Å². The van der Waals surface area contributed by atoms with Crippen LogP contribution in [-0.2, 0) is 4.79 Å². The Morgan fingerprint density at radius 3 is 2.23 bits per heavy atom. The van der Waals surface area contributed by atoms with Gasteiger partial charge < -0.3 is 10.2 Å². The number of aliphatic carboxylic acids is 1. The van der Waals surface area contributed by atoms with Gasteiger partial charge in [0, 0.05) is 0 Å². The van der Waals surface area contributed by atoms with Gasteiger partial charge in [-0.1, -0.05) is 20.3 Å². The van der Waals surface area contributed by atoms with Crippen molar-refractivity contribution in [2.24, 2.45) is 5.92 Å². The highest BCUT2D eigenvalue weighted by Crippen LogP contribution is 2.29. The van der Waals surface area contributed by atoms with E-state index >= 15 is 0 Å². The summed E-state index contributed by atoms with van der Waals surface area (Å²) >= 11 is 0. The maximum atomic E-state index is 12.4. The number of amides is 2. The molecule has 0 bridgehead atoms. The van der Waals surface area contributed by atoms with Crippen molar-refractivity contribution in [3.8, 4) is 0 Å². The minimum absolute atomic E-state index is 0.0320. The maximum absolute atomic E-state index is 12.4. The summed E-state index contributed by atoms with van der Waals surface area (Å²) in [6, 6.07) is 2.29. The van der Waals surface area contributed by atoms with Crippen LogP contribution < -0.4 is 0 Å². The van der Waals surface area contributed by atoms with Crippen LogP contribution in [0.1, 0.15) is 51.3 Å². The van der Waals surface area contributed by atoms with Gasteiger partial charge >= 0.3 is 11.9 Å². The lowest BCUT2D eigenvalue weighted by molar-refractivity contribution is -0.143. The van der Waals surface area contributed by atoms with Gasteiger partial charge in [-0.05, 0) is 24.1 Å². The molecule has 0 fully saturated rings. The number of nitrogens with zero attached hydrogens (tertiary/aromatic N) is 1. The van der Waals surface area contributed by atoms with E-state index in [1.54, 1.807) is 13.8 Å². The predicted octanol–water partition coefficient (Wildman–Crippen LogP) is 1.48. The lowest BCUT2D eigenvalue weighted by Gasteiger charge is -2.27. The first-order valence-electron chi connectivity index (χ1n) is 6.77. The van der Waals surface area contributed by atoms with E-state index in [9.17, 15) is 24.3 Å². The van der Waals surface area contributed by atoms with Crippen LogP contribution in [0.5, 0.6) is 0 Å². The molecule has 1 aromatic carbocycles. The highest BCUT2D eigenvalue weighted by Gasteiger charge is 2.44. The van der Waals surface area contributed by atoms with Gasteiger partial charge in [0.05, 0.1) is 16.7 Å². The quantitative estimate of drug-likeness (QED) is 0.797. The first kappa shape index (κ1) is 15.7. The van der Waals surface area contributed by atoms with Crippen molar-refractivity contribution in [1.29, 1.82) is 0 Å². The smallest absolute Gasteiger partial charge is 0.335 e. The second kappa shape index (κ2) is 5.59. The third-order valence-electron chi connectivity index (χ3n) is 3.88. The summed E-state index contributed by atoms with van der Waals surface area (Å²) in [5.41, 5.74) is -0.166. The Bertz CT molecular complexity index is 681. The Labute approximate surface area is 126 Å². The summed E-state index contributed by atoms with van der Waals surface area (Å²) in [5.74, 6) is -4.38. The molecule has 1 aromatic rings. The summed E-state index contributed by atoms with van der Waals surface area (Å²) in [4.78, 5) is 47.9. The molecule has 1 aliphatic heterocycles. The average molecular weight is 305 g/mol. The molecule has 0 aromatic heterocycles. The molecule has 1 aliphatic rings. The lowest BCUT2D eigenvalue weighted by atomic mass is 9.98. The zero-order chi connectivity index (χ0) is 16.6. The second-order valence-electron chi connectivity index (χ2n) is 5.21. The minimum atomic E-state index is -1.27. The number of benzene rings is 1. The molecule has 7 heteroatoms. The van der Waals surface area contributed by atoms with Gasteiger partial charge in [0.15, 0.2) is 0 Å². The van der Waals surface area contributed by atoms with Crippen LogP contribution >= 0.6 is 0 Å². The van der Waals surface area contributed by atoms with E-state index in [-0.39, 0.29) is 16.7 Å². The Kier molecular flexibility index (Phi) is 3.99. The number of fused-ring (bicyclic) bond motifs is 1. The van der Waals surface area contributed by atoms with Crippen molar-refractivity contribution >= 4 is 23.8 Å². The van der Waals surface area contributed by atoms with E-state index in [1.807, 2.05) is 0 Å². The Balaban J connectivity index is 2.50. The fraction of sp³-hybridized carbons (Fsp3) is 0.333. The van der Waals surface area contributed by atoms with Gasteiger partial charge in [-0.3, -0.25) is 14.5 Å². The molecule has 0 aliphatic carbocycles. The van der Waals surface area contributed by atoms with E-state index in [0.29, 0.717) is 11.3 Å². The fourth-order valence-electron chi connectivity index (χ4n) is 2.48. The molecule has 2 rings (SSSR count). The van der Waals surface area contributed by atoms with Crippen molar-refractivity contribution in [3.63, 3.8) is 0 Å². The number of rotatable bonds is 5.